The predicted octanol–water partition coefficient (Wildman–Crippen LogP) is 1.13. The average molecular weight is 306 g/mol. The number of nitrogens with zero attached hydrogens (tertiary/aromatic N) is 1. The van der Waals surface area contributed by atoms with Crippen LogP contribution in [-0.4, -0.2) is 46.6 Å². The number of carboxylic acid groups (broad SMARTS) is 1. The van der Waals surface area contributed by atoms with Crippen LogP contribution in [0.1, 0.15) is 32.6 Å². The molecule has 0 aromatic carbocycles. The maximum atomic E-state index is 11.2. The van der Waals surface area contributed by atoms with Crippen molar-refractivity contribution in [1.82, 2.24) is 0 Å². The fourth-order valence-corrected chi connectivity index (χ4v) is 2.02. The molecular formula is C12H16ClNO6. The lowest BCUT2D eigenvalue weighted by Gasteiger charge is -2.26. The van der Waals surface area contributed by atoms with Crippen LogP contribution in [0.2, 0.25) is 0 Å². The maximum absolute atomic E-state index is 11.2. The highest BCUT2D eigenvalue weighted by Crippen LogP contribution is 2.23. The van der Waals surface area contributed by atoms with Gasteiger partial charge in [0, 0.05) is 6.92 Å². The Hall–Kier alpha value is -1.63. The molecule has 1 fully saturated rings. The van der Waals surface area contributed by atoms with E-state index in [1.807, 2.05) is 0 Å². The van der Waals surface area contributed by atoms with Crippen molar-refractivity contribution < 1.29 is 29.1 Å². The number of oxime groups is 1. The van der Waals surface area contributed by atoms with Crippen LogP contribution in [0, 0.1) is 0 Å². The van der Waals surface area contributed by atoms with Crippen LogP contribution in [0.3, 0.4) is 0 Å². The van der Waals surface area contributed by atoms with E-state index in [1.165, 1.54) is 6.92 Å². The molecule has 0 spiro atoms. The van der Waals surface area contributed by atoms with Crippen molar-refractivity contribution in [2.75, 3.05) is 5.88 Å². The summed E-state index contributed by atoms with van der Waals surface area (Å²) >= 11 is 5.28. The molecule has 0 aromatic heterocycles. The van der Waals surface area contributed by atoms with Crippen molar-refractivity contribution in [2.45, 2.75) is 44.8 Å². The van der Waals surface area contributed by atoms with Crippen LogP contribution >= 0.6 is 11.6 Å². The third-order valence-electron chi connectivity index (χ3n) is 2.83. The van der Waals surface area contributed by atoms with Gasteiger partial charge in [-0.1, -0.05) is 5.16 Å². The van der Waals surface area contributed by atoms with Crippen molar-refractivity contribution in [1.29, 1.82) is 0 Å². The Labute approximate surface area is 120 Å². The van der Waals surface area contributed by atoms with Gasteiger partial charge in [-0.15, -0.1) is 11.6 Å². The van der Waals surface area contributed by atoms with Gasteiger partial charge in [-0.25, -0.2) is 4.79 Å². The quantitative estimate of drug-likeness (QED) is 0.259. The molecule has 7 nitrogen and oxygen atoms in total. The molecule has 1 N–H and O–H groups in total. The highest BCUT2D eigenvalue weighted by molar-refractivity contribution is 6.67. The monoisotopic (exact) mass is 305 g/mol. The summed E-state index contributed by atoms with van der Waals surface area (Å²) in [4.78, 5) is 37.9. The Bertz CT molecular complexity index is 414. The first-order chi connectivity index (χ1) is 9.43. The van der Waals surface area contributed by atoms with Gasteiger partial charge in [-0.3, -0.25) is 9.59 Å². The highest BCUT2D eigenvalue weighted by atomic mass is 35.5. The van der Waals surface area contributed by atoms with E-state index in [9.17, 15) is 14.4 Å². The molecule has 0 radical (unpaired) electrons. The number of Topliss-reactive ketones (excluding diaryl/α,β-unsaturated/α-hetero) is 1. The maximum Gasteiger partial charge on any atom is 0.361 e. The topological polar surface area (TPSA) is 102 Å². The van der Waals surface area contributed by atoms with E-state index in [4.69, 9.17) is 26.3 Å². The summed E-state index contributed by atoms with van der Waals surface area (Å²) in [5, 5.41) is 12.2. The second-order valence-corrected chi connectivity index (χ2v) is 4.68. The van der Waals surface area contributed by atoms with E-state index in [0.717, 1.165) is 0 Å². The van der Waals surface area contributed by atoms with Gasteiger partial charge in [0.05, 0.1) is 5.88 Å². The van der Waals surface area contributed by atoms with Crippen LogP contribution < -0.4 is 0 Å². The first-order valence-corrected chi connectivity index (χ1v) is 6.71. The third kappa shape index (κ3) is 5.16. The van der Waals surface area contributed by atoms with E-state index in [0.29, 0.717) is 25.7 Å². The van der Waals surface area contributed by atoms with Crippen molar-refractivity contribution in [3.05, 3.63) is 0 Å². The van der Waals surface area contributed by atoms with E-state index >= 15 is 0 Å². The molecule has 0 aromatic rings. The number of hydrogen-bond donors (Lipinski definition) is 1. The van der Waals surface area contributed by atoms with Crippen molar-refractivity contribution >= 4 is 35.0 Å². The Morgan fingerprint density at radius 3 is 2.20 bits per heavy atom. The molecule has 1 aliphatic rings. The summed E-state index contributed by atoms with van der Waals surface area (Å²) in [6.07, 6.45) is 1.95. The Morgan fingerprint density at radius 1 is 1.20 bits per heavy atom. The lowest BCUT2D eigenvalue weighted by molar-refractivity contribution is -0.149. The van der Waals surface area contributed by atoms with Gasteiger partial charge >= 0.3 is 11.9 Å². The first kappa shape index (κ1) is 16.4. The summed E-state index contributed by atoms with van der Waals surface area (Å²) in [7, 11) is 0. The normalized spacial score (nSPS) is 23.0. The number of ether oxygens (including phenoxy) is 1. The molecule has 1 rings (SSSR count). The van der Waals surface area contributed by atoms with E-state index in [-0.39, 0.29) is 18.2 Å². The zero-order valence-electron chi connectivity index (χ0n) is 11.0. The molecule has 0 bridgehead atoms. The number of rotatable bonds is 6. The summed E-state index contributed by atoms with van der Waals surface area (Å²) in [5.41, 5.74) is -0.706. The molecule has 112 valence electrons. The number of hydrogen-bond acceptors (Lipinski definition) is 6. The standard InChI is InChI=1S/C12H16ClNO6/c1-7(15)19-8-2-4-9(5-3-8)20-14-11(12(17)18)10(16)6-13/h8-9H,2-6H2,1H3,(H,17,18)/b14-11-. The third-order valence-corrected chi connectivity index (χ3v) is 3.08. The number of alkyl halides is 1. The van der Waals surface area contributed by atoms with Crippen molar-refractivity contribution in [3.8, 4) is 0 Å². The van der Waals surface area contributed by atoms with E-state index in [1.54, 1.807) is 0 Å². The SMILES string of the molecule is CC(=O)OC1CCC(O/N=C(\C(=O)O)C(=O)CCl)CC1. The van der Waals surface area contributed by atoms with Crippen molar-refractivity contribution in [3.63, 3.8) is 0 Å². The molecule has 0 atom stereocenters. The minimum Gasteiger partial charge on any atom is -0.476 e. The lowest BCUT2D eigenvalue weighted by Crippen LogP contribution is -2.29. The van der Waals surface area contributed by atoms with Gasteiger partial charge in [0.15, 0.2) is 0 Å². The molecule has 0 unspecified atom stereocenters. The van der Waals surface area contributed by atoms with Crippen LogP contribution in [0.25, 0.3) is 0 Å². The van der Waals surface area contributed by atoms with Gasteiger partial charge < -0.3 is 14.7 Å². The van der Waals surface area contributed by atoms with Crippen LogP contribution in [0.5, 0.6) is 0 Å². The number of carbonyl (C=O) groups excluding carboxylic acids is 2. The fourth-order valence-electron chi connectivity index (χ4n) is 1.89. The zero-order valence-corrected chi connectivity index (χ0v) is 11.8. The highest BCUT2D eigenvalue weighted by Gasteiger charge is 2.26. The summed E-state index contributed by atoms with van der Waals surface area (Å²) < 4.78 is 5.06. The molecule has 0 heterocycles. The molecule has 0 aliphatic heterocycles. The minimum absolute atomic E-state index is 0.139. The Balaban J connectivity index is 2.48. The van der Waals surface area contributed by atoms with E-state index < -0.39 is 23.3 Å². The summed E-state index contributed by atoms with van der Waals surface area (Å²) in [6.45, 7) is 1.35. The minimum atomic E-state index is -1.47. The average Bonchev–Trinajstić information content (AvgIpc) is 2.39. The number of carboxylic acids is 1. The predicted molar refractivity (Wildman–Crippen MR) is 69.7 cm³/mol. The molecule has 8 heteroatoms. The molecule has 1 saturated carbocycles. The number of halogens is 1. The second-order valence-electron chi connectivity index (χ2n) is 4.42. The Kier molecular flexibility index (Phi) is 6.44. The number of aliphatic carboxylic acids is 1. The molecule has 20 heavy (non-hydrogen) atoms. The zero-order chi connectivity index (χ0) is 15.1. The lowest BCUT2D eigenvalue weighted by atomic mass is 9.95. The largest absolute Gasteiger partial charge is 0.476 e. The molecule has 0 saturated heterocycles. The van der Waals surface area contributed by atoms with Crippen LogP contribution in [0.15, 0.2) is 5.16 Å². The van der Waals surface area contributed by atoms with Crippen LogP contribution in [0.4, 0.5) is 0 Å². The van der Waals surface area contributed by atoms with Gasteiger partial charge in [-0.05, 0) is 25.7 Å². The Morgan fingerprint density at radius 2 is 1.75 bits per heavy atom. The smallest absolute Gasteiger partial charge is 0.361 e. The van der Waals surface area contributed by atoms with E-state index in [2.05, 4.69) is 5.16 Å². The van der Waals surface area contributed by atoms with Gasteiger partial charge in [-0.2, -0.15) is 0 Å². The second kappa shape index (κ2) is 7.84. The van der Waals surface area contributed by atoms with Crippen molar-refractivity contribution in [2.24, 2.45) is 5.16 Å². The van der Waals surface area contributed by atoms with Gasteiger partial charge in [0.2, 0.25) is 11.5 Å². The number of ketones is 1. The summed E-state index contributed by atoms with van der Waals surface area (Å²) in [5.74, 6) is -3.06. The number of carbonyl (C=O) groups is 3. The molecule has 1 aliphatic carbocycles. The number of esters is 1. The van der Waals surface area contributed by atoms with Crippen LogP contribution in [-0.2, 0) is 24.0 Å². The molecular weight excluding hydrogens is 290 g/mol. The molecule has 0 amide bonds. The van der Waals surface area contributed by atoms with Gasteiger partial charge in [0.25, 0.3) is 0 Å². The first-order valence-electron chi connectivity index (χ1n) is 6.17. The van der Waals surface area contributed by atoms with Gasteiger partial charge in [0.1, 0.15) is 12.2 Å². The summed E-state index contributed by atoms with van der Waals surface area (Å²) in [6, 6.07) is 0. The fraction of sp³-hybridized carbons (Fsp3) is 0.667.